The van der Waals surface area contributed by atoms with E-state index >= 15 is 0 Å². The Hall–Kier alpha value is -2.27. The summed E-state index contributed by atoms with van der Waals surface area (Å²) < 4.78 is 12.4. The highest BCUT2D eigenvalue weighted by Gasteiger charge is 2.22. The quantitative estimate of drug-likeness (QED) is 0.659. The minimum absolute atomic E-state index is 0.295. The van der Waals surface area contributed by atoms with Crippen molar-refractivity contribution >= 4 is 27.5 Å². The Bertz CT molecular complexity index is 773. The standard InChI is InChI=1S/C20H22BrNO3/c1-5-15-17(21)18(22-16(23)6-2)20(13(3)19(15)24-4)25-12-14-10-8-7-9-11-14/h6-11H,2,5,12H2,1,3-4H3,(H,22,23). The first-order chi connectivity index (χ1) is 12.0. The van der Waals surface area contributed by atoms with Gasteiger partial charge in [0.2, 0.25) is 5.91 Å². The van der Waals surface area contributed by atoms with Crippen molar-refractivity contribution in [3.63, 3.8) is 0 Å². The summed E-state index contributed by atoms with van der Waals surface area (Å²) in [5.41, 5.74) is 3.46. The van der Waals surface area contributed by atoms with E-state index in [1.54, 1.807) is 7.11 Å². The summed E-state index contributed by atoms with van der Waals surface area (Å²) in [6, 6.07) is 9.86. The molecule has 0 radical (unpaired) electrons. The SMILES string of the molecule is C=CC(=O)Nc1c(Br)c(CC)c(OC)c(C)c1OCc1ccccc1. The molecule has 0 aliphatic carbocycles. The summed E-state index contributed by atoms with van der Waals surface area (Å²) in [5, 5.41) is 2.85. The summed E-state index contributed by atoms with van der Waals surface area (Å²) in [6.07, 6.45) is 1.99. The highest BCUT2D eigenvalue weighted by atomic mass is 79.9. The lowest BCUT2D eigenvalue weighted by Crippen LogP contribution is -2.12. The molecule has 0 fully saturated rings. The van der Waals surface area contributed by atoms with Gasteiger partial charge in [0.05, 0.1) is 17.3 Å². The Labute approximate surface area is 157 Å². The molecule has 0 heterocycles. The highest BCUT2D eigenvalue weighted by molar-refractivity contribution is 9.10. The number of rotatable bonds is 7. The smallest absolute Gasteiger partial charge is 0.247 e. The molecule has 1 N–H and O–H groups in total. The van der Waals surface area contributed by atoms with Crippen LogP contribution in [0.15, 0.2) is 47.5 Å². The average molecular weight is 404 g/mol. The minimum Gasteiger partial charge on any atom is -0.496 e. The number of hydrogen-bond donors (Lipinski definition) is 1. The predicted molar refractivity (Wildman–Crippen MR) is 104 cm³/mol. The lowest BCUT2D eigenvalue weighted by Gasteiger charge is -2.22. The fourth-order valence-electron chi connectivity index (χ4n) is 2.66. The molecule has 2 aromatic rings. The summed E-state index contributed by atoms with van der Waals surface area (Å²) >= 11 is 3.59. The fraction of sp³-hybridized carbons (Fsp3) is 0.250. The van der Waals surface area contributed by atoms with Crippen molar-refractivity contribution < 1.29 is 14.3 Å². The monoisotopic (exact) mass is 403 g/mol. The molecule has 4 nitrogen and oxygen atoms in total. The zero-order valence-corrected chi connectivity index (χ0v) is 16.3. The normalized spacial score (nSPS) is 10.2. The lowest BCUT2D eigenvalue weighted by atomic mass is 10.0. The highest BCUT2D eigenvalue weighted by Crippen LogP contribution is 2.45. The second kappa shape index (κ2) is 8.72. The summed E-state index contributed by atoms with van der Waals surface area (Å²) in [4.78, 5) is 11.9. The van der Waals surface area contributed by atoms with E-state index in [4.69, 9.17) is 9.47 Å². The van der Waals surface area contributed by atoms with Gasteiger partial charge in [0.15, 0.2) is 5.75 Å². The van der Waals surface area contributed by atoms with Crippen LogP contribution in [0.2, 0.25) is 0 Å². The minimum atomic E-state index is -0.295. The summed E-state index contributed by atoms with van der Waals surface area (Å²) in [6.45, 7) is 7.86. The number of halogens is 1. The largest absolute Gasteiger partial charge is 0.496 e. The predicted octanol–water partition coefficient (Wildman–Crippen LogP) is 5.03. The maximum atomic E-state index is 11.9. The summed E-state index contributed by atoms with van der Waals surface area (Å²) in [7, 11) is 1.64. The van der Waals surface area contributed by atoms with Crippen LogP contribution in [0, 0.1) is 6.92 Å². The molecule has 0 aliphatic rings. The van der Waals surface area contributed by atoms with Crippen LogP contribution in [0.3, 0.4) is 0 Å². The number of anilines is 1. The Morgan fingerprint density at radius 3 is 2.52 bits per heavy atom. The van der Waals surface area contributed by atoms with E-state index in [0.717, 1.165) is 33.3 Å². The van der Waals surface area contributed by atoms with Crippen molar-refractivity contribution in [2.45, 2.75) is 26.9 Å². The van der Waals surface area contributed by atoms with Crippen LogP contribution in [-0.2, 0) is 17.8 Å². The van der Waals surface area contributed by atoms with Gasteiger partial charge in [-0.3, -0.25) is 4.79 Å². The van der Waals surface area contributed by atoms with Crippen LogP contribution in [0.25, 0.3) is 0 Å². The number of carbonyl (C=O) groups excluding carboxylic acids is 1. The molecular weight excluding hydrogens is 382 g/mol. The lowest BCUT2D eigenvalue weighted by molar-refractivity contribution is -0.111. The third kappa shape index (κ3) is 4.23. The van der Waals surface area contributed by atoms with E-state index in [1.165, 1.54) is 6.08 Å². The second-order valence-electron chi connectivity index (χ2n) is 5.48. The molecule has 0 bridgehead atoms. The van der Waals surface area contributed by atoms with E-state index in [0.29, 0.717) is 18.0 Å². The summed E-state index contributed by atoms with van der Waals surface area (Å²) in [5.74, 6) is 1.05. The van der Waals surface area contributed by atoms with E-state index in [2.05, 4.69) is 27.8 Å². The van der Waals surface area contributed by atoms with Crippen LogP contribution in [0.4, 0.5) is 5.69 Å². The fourth-order valence-corrected chi connectivity index (χ4v) is 3.39. The number of nitrogens with one attached hydrogen (secondary N) is 1. The van der Waals surface area contributed by atoms with Gasteiger partial charge in [0.1, 0.15) is 12.4 Å². The van der Waals surface area contributed by atoms with Gasteiger partial charge in [-0.15, -0.1) is 0 Å². The van der Waals surface area contributed by atoms with Gasteiger partial charge in [0, 0.05) is 11.1 Å². The first-order valence-electron chi connectivity index (χ1n) is 8.02. The van der Waals surface area contributed by atoms with E-state index in [1.807, 2.05) is 44.2 Å². The average Bonchev–Trinajstić information content (AvgIpc) is 2.64. The van der Waals surface area contributed by atoms with Crippen LogP contribution in [-0.4, -0.2) is 13.0 Å². The van der Waals surface area contributed by atoms with Crippen LogP contribution >= 0.6 is 15.9 Å². The number of amides is 1. The van der Waals surface area contributed by atoms with Crippen LogP contribution in [0.5, 0.6) is 11.5 Å². The van der Waals surface area contributed by atoms with Gasteiger partial charge < -0.3 is 14.8 Å². The zero-order chi connectivity index (χ0) is 18.4. The van der Waals surface area contributed by atoms with Crippen LogP contribution in [0.1, 0.15) is 23.6 Å². The van der Waals surface area contributed by atoms with Crippen molar-refractivity contribution in [3.05, 3.63) is 64.1 Å². The number of carbonyl (C=O) groups is 1. The number of methoxy groups -OCH3 is 1. The van der Waals surface area contributed by atoms with Crippen LogP contribution < -0.4 is 14.8 Å². The van der Waals surface area contributed by atoms with Crippen molar-refractivity contribution in [1.82, 2.24) is 0 Å². The van der Waals surface area contributed by atoms with Gasteiger partial charge in [-0.1, -0.05) is 43.8 Å². The molecule has 0 unspecified atom stereocenters. The molecular formula is C20H22BrNO3. The van der Waals surface area contributed by atoms with E-state index in [9.17, 15) is 4.79 Å². The Kier molecular flexibility index (Phi) is 6.65. The van der Waals surface area contributed by atoms with Crippen molar-refractivity contribution in [2.24, 2.45) is 0 Å². The van der Waals surface area contributed by atoms with Gasteiger partial charge in [-0.25, -0.2) is 0 Å². The topological polar surface area (TPSA) is 47.6 Å². The molecule has 0 saturated heterocycles. The molecule has 1 amide bonds. The van der Waals surface area contributed by atoms with Gasteiger partial charge in [-0.05, 0) is 40.9 Å². The maximum Gasteiger partial charge on any atom is 0.247 e. The van der Waals surface area contributed by atoms with Crippen molar-refractivity contribution in [2.75, 3.05) is 12.4 Å². The maximum absolute atomic E-state index is 11.9. The van der Waals surface area contributed by atoms with E-state index in [-0.39, 0.29) is 5.91 Å². The molecule has 0 aliphatic heterocycles. The number of benzene rings is 2. The molecule has 5 heteroatoms. The van der Waals surface area contributed by atoms with Gasteiger partial charge >= 0.3 is 0 Å². The molecule has 25 heavy (non-hydrogen) atoms. The molecule has 0 saturated carbocycles. The molecule has 0 aromatic heterocycles. The molecule has 0 spiro atoms. The molecule has 2 aromatic carbocycles. The van der Waals surface area contributed by atoms with E-state index < -0.39 is 0 Å². The number of hydrogen-bond acceptors (Lipinski definition) is 3. The first-order valence-corrected chi connectivity index (χ1v) is 8.81. The van der Waals surface area contributed by atoms with Crippen molar-refractivity contribution in [1.29, 1.82) is 0 Å². The van der Waals surface area contributed by atoms with Gasteiger partial charge in [-0.2, -0.15) is 0 Å². The number of ether oxygens (including phenoxy) is 2. The van der Waals surface area contributed by atoms with Crippen molar-refractivity contribution in [3.8, 4) is 11.5 Å². The Morgan fingerprint density at radius 2 is 1.96 bits per heavy atom. The van der Waals surface area contributed by atoms with Gasteiger partial charge in [0.25, 0.3) is 0 Å². The third-order valence-electron chi connectivity index (χ3n) is 3.88. The molecule has 132 valence electrons. The third-order valence-corrected chi connectivity index (χ3v) is 4.76. The zero-order valence-electron chi connectivity index (χ0n) is 14.7. The molecule has 2 rings (SSSR count). The first kappa shape index (κ1) is 19.1. The Morgan fingerprint density at radius 1 is 1.28 bits per heavy atom. The molecule has 0 atom stereocenters. The Balaban J connectivity index is 2.51. The second-order valence-corrected chi connectivity index (χ2v) is 6.27.